The largest absolute Gasteiger partial charge is 0.499 e. The zero-order chi connectivity index (χ0) is 14.2. The molecule has 0 bridgehead atoms. The van der Waals surface area contributed by atoms with E-state index in [1.807, 2.05) is 38.2 Å². The summed E-state index contributed by atoms with van der Waals surface area (Å²) in [5.74, 6) is -0.119. The van der Waals surface area contributed by atoms with Crippen molar-refractivity contribution in [2.24, 2.45) is 0 Å². The highest BCUT2D eigenvalue weighted by Crippen LogP contribution is 2.34. The number of aromatic nitrogens is 1. The summed E-state index contributed by atoms with van der Waals surface area (Å²) >= 11 is 1.74. The molecule has 19 heavy (non-hydrogen) atoms. The number of hydrogen-bond acceptors (Lipinski definition) is 3. The van der Waals surface area contributed by atoms with Gasteiger partial charge in [-0.15, -0.1) is 11.8 Å². The summed E-state index contributed by atoms with van der Waals surface area (Å²) in [6, 6.07) is 6.06. The van der Waals surface area contributed by atoms with Crippen LogP contribution in [0.15, 0.2) is 29.3 Å². The van der Waals surface area contributed by atoms with E-state index in [0.29, 0.717) is 10.6 Å². The van der Waals surface area contributed by atoms with Crippen LogP contribution in [0.2, 0.25) is 0 Å². The average molecular weight is 278 g/mol. The summed E-state index contributed by atoms with van der Waals surface area (Å²) in [5, 5.41) is 22.3. The van der Waals surface area contributed by atoms with Gasteiger partial charge in [-0.1, -0.05) is 13.8 Å². The number of pyridine rings is 1. The maximum absolute atomic E-state index is 10.2. The molecule has 2 aromatic rings. The molecule has 0 aliphatic rings. The van der Waals surface area contributed by atoms with E-state index in [1.54, 1.807) is 16.3 Å². The highest BCUT2D eigenvalue weighted by atomic mass is 32.2. The Morgan fingerprint density at radius 3 is 2.37 bits per heavy atom. The number of fused-ring (bicyclic) bond motifs is 1. The van der Waals surface area contributed by atoms with Crippen LogP contribution in [0.1, 0.15) is 33.7 Å². The van der Waals surface area contributed by atoms with Crippen LogP contribution in [0.4, 0.5) is 0 Å². The molecular formula is C15H20NO2S+. The predicted molar refractivity (Wildman–Crippen MR) is 78.9 cm³/mol. The van der Waals surface area contributed by atoms with Gasteiger partial charge in [0.1, 0.15) is 0 Å². The van der Waals surface area contributed by atoms with Crippen molar-refractivity contribution in [2.75, 3.05) is 0 Å². The van der Waals surface area contributed by atoms with Gasteiger partial charge in [-0.3, -0.25) is 0 Å². The number of thioether (sulfide) groups is 1. The molecule has 0 saturated heterocycles. The monoisotopic (exact) mass is 278 g/mol. The van der Waals surface area contributed by atoms with Crippen molar-refractivity contribution in [3.8, 4) is 11.6 Å². The van der Waals surface area contributed by atoms with E-state index in [1.165, 1.54) is 0 Å². The number of rotatable bonds is 3. The van der Waals surface area contributed by atoms with Crippen molar-refractivity contribution >= 4 is 22.5 Å². The first-order valence-electron chi connectivity index (χ1n) is 6.46. The van der Waals surface area contributed by atoms with Gasteiger partial charge in [-0.2, -0.15) is 4.57 Å². The van der Waals surface area contributed by atoms with Crippen LogP contribution < -0.4 is 4.57 Å². The summed E-state index contributed by atoms with van der Waals surface area (Å²) in [6.07, 6.45) is 1.87. The van der Waals surface area contributed by atoms with Crippen molar-refractivity contribution in [1.82, 2.24) is 0 Å². The van der Waals surface area contributed by atoms with Crippen LogP contribution >= 0.6 is 11.8 Å². The predicted octanol–water partition coefficient (Wildman–Crippen LogP) is 3.62. The molecule has 0 radical (unpaired) electrons. The van der Waals surface area contributed by atoms with Gasteiger partial charge in [0.25, 0.3) is 0 Å². The Balaban J connectivity index is 2.61. The average Bonchev–Trinajstić information content (AvgIpc) is 2.33. The molecule has 4 heteroatoms. The number of nitrogens with zero attached hydrogens (tertiary/aromatic N) is 1. The lowest BCUT2D eigenvalue weighted by Crippen LogP contribution is -2.35. The summed E-state index contributed by atoms with van der Waals surface area (Å²) in [7, 11) is 0. The van der Waals surface area contributed by atoms with Crippen molar-refractivity contribution in [3.63, 3.8) is 0 Å². The highest BCUT2D eigenvalue weighted by molar-refractivity contribution is 7.99. The zero-order valence-electron chi connectivity index (χ0n) is 11.7. The fourth-order valence-corrected chi connectivity index (χ4v) is 2.92. The lowest BCUT2D eigenvalue weighted by molar-refractivity contribution is -0.720. The van der Waals surface area contributed by atoms with Crippen molar-refractivity contribution in [2.45, 2.75) is 43.9 Å². The van der Waals surface area contributed by atoms with E-state index in [0.717, 1.165) is 10.3 Å². The van der Waals surface area contributed by atoms with Crippen LogP contribution in [0.5, 0.6) is 11.6 Å². The first-order valence-corrected chi connectivity index (χ1v) is 7.34. The van der Waals surface area contributed by atoms with E-state index in [9.17, 15) is 10.2 Å². The van der Waals surface area contributed by atoms with Gasteiger partial charge in [0.2, 0.25) is 5.75 Å². The Hall–Kier alpha value is -1.42. The van der Waals surface area contributed by atoms with E-state index in [-0.39, 0.29) is 17.7 Å². The lowest BCUT2D eigenvalue weighted by Gasteiger charge is -2.09. The normalized spacial score (nSPS) is 11.7. The van der Waals surface area contributed by atoms with Gasteiger partial charge < -0.3 is 10.2 Å². The van der Waals surface area contributed by atoms with Crippen LogP contribution in [0.3, 0.4) is 0 Å². The van der Waals surface area contributed by atoms with Crippen LogP contribution in [0.25, 0.3) is 10.8 Å². The molecule has 0 unspecified atom stereocenters. The molecule has 0 aliphatic heterocycles. The number of hydrogen-bond donors (Lipinski definition) is 2. The zero-order valence-corrected chi connectivity index (χ0v) is 12.5. The van der Waals surface area contributed by atoms with Crippen LogP contribution in [-0.2, 0) is 0 Å². The second kappa shape index (κ2) is 5.29. The molecule has 0 spiro atoms. The van der Waals surface area contributed by atoms with Gasteiger partial charge in [-0.05, 0) is 32.0 Å². The third-order valence-corrected chi connectivity index (χ3v) is 3.94. The lowest BCUT2D eigenvalue weighted by atomic mass is 10.1. The molecule has 102 valence electrons. The fourth-order valence-electron chi connectivity index (χ4n) is 2.05. The quantitative estimate of drug-likeness (QED) is 0.666. The maximum atomic E-state index is 10.2. The molecule has 0 amide bonds. The van der Waals surface area contributed by atoms with E-state index < -0.39 is 0 Å². The Kier molecular flexibility index (Phi) is 3.90. The maximum Gasteiger partial charge on any atom is 0.409 e. The minimum atomic E-state index is -0.0748. The van der Waals surface area contributed by atoms with Gasteiger partial charge in [0.05, 0.1) is 0 Å². The molecule has 0 fully saturated rings. The molecule has 1 aromatic heterocycles. The smallest absolute Gasteiger partial charge is 0.409 e. The molecule has 0 aliphatic carbocycles. The van der Waals surface area contributed by atoms with Crippen molar-refractivity contribution in [3.05, 3.63) is 24.4 Å². The Labute approximate surface area is 117 Å². The van der Waals surface area contributed by atoms with E-state index in [4.69, 9.17) is 0 Å². The van der Waals surface area contributed by atoms with Crippen LogP contribution in [0, 0.1) is 0 Å². The van der Waals surface area contributed by atoms with E-state index in [2.05, 4.69) is 13.8 Å². The summed E-state index contributed by atoms with van der Waals surface area (Å²) < 4.78 is 1.67. The molecule has 1 heterocycles. The molecule has 0 saturated carbocycles. The van der Waals surface area contributed by atoms with Crippen LogP contribution in [-0.4, -0.2) is 15.5 Å². The summed E-state index contributed by atoms with van der Waals surface area (Å²) in [5.41, 5.74) is 0. The van der Waals surface area contributed by atoms with Crippen molar-refractivity contribution < 1.29 is 14.8 Å². The Bertz CT molecular complexity index is 609. The summed E-state index contributed by atoms with van der Waals surface area (Å²) in [6.45, 7) is 8.19. The minimum Gasteiger partial charge on any atom is -0.499 e. The van der Waals surface area contributed by atoms with Gasteiger partial charge in [0.15, 0.2) is 12.2 Å². The first kappa shape index (κ1) is 14.0. The van der Waals surface area contributed by atoms with Gasteiger partial charge >= 0.3 is 5.88 Å². The second-order valence-electron chi connectivity index (χ2n) is 5.22. The second-order valence-corrected chi connectivity index (χ2v) is 6.87. The molecule has 1 aromatic carbocycles. The molecule has 0 atom stereocenters. The van der Waals surface area contributed by atoms with Gasteiger partial charge in [-0.25, -0.2) is 0 Å². The minimum absolute atomic E-state index is 0.0441. The first-order chi connectivity index (χ1) is 8.90. The molecule has 3 nitrogen and oxygen atoms in total. The molecular weight excluding hydrogens is 258 g/mol. The van der Waals surface area contributed by atoms with E-state index >= 15 is 0 Å². The summed E-state index contributed by atoms with van der Waals surface area (Å²) in [4.78, 5) is 1.10. The fraction of sp³-hybridized carbons (Fsp3) is 0.400. The number of aromatic hydroxyl groups is 2. The van der Waals surface area contributed by atoms with Gasteiger partial charge in [0, 0.05) is 20.9 Å². The topological polar surface area (TPSA) is 44.3 Å². The Morgan fingerprint density at radius 1 is 1.11 bits per heavy atom. The third-order valence-electron chi connectivity index (χ3n) is 2.94. The van der Waals surface area contributed by atoms with Crippen molar-refractivity contribution in [1.29, 1.82) is 0 Å². The molecule has 2 N–H and O–H groups in total. The SMILES string of the molecule is CC(C)Sc1ccc2c[n+](C(C)C)c(O)c(O)c2c1. The Morgan fingerprint density at radius 2 is 1.79 bits per heavy atom. The highest BCUT2D eigenvalue weighted by Gasteiger charge is 2.21. The number of benzene rings is 1. The standard InChI is InChI=1S/C15H19NO2S/c1-9(2)16-8-11-5-6-12(19-10(3)4)7-13(11)14(17)15(16)18/h5-10,17H,1-4H3/p+1. The third kappa shape index (κ3) is 2.78. The molecule has 2 rings (SSSR count).